The molecule has 2 aromatic rings. The Kier molecular flexibility index (Phi) is 6.19. The number of halogens is 4. The summed E-state index contributed by atoms with van der Waals surface area (Å²) in [5.74, 6) is -1.11. The van der Waals surface area contributed by atoms with E-state index in [2.05, 4.69) is 26.0 Å². The molecule has 0 aliphatic carbocycles. The highest BCUT2D eigenvalue weighted by atomic mass is 79.9. The Balaban J connectivity index is 1.89. The molecule has 1 N–H and O–H groups in total. The van der Waals surface area contributed by atoms with Crippen molar-refractivity contribution >= 4 is 33.3 Å². The molecule has 2 rings (SSSR count). The van der Waals surface area contributed by atoms with Crippen LogP contribution in [-0.2, 0) is 4.79 Å². The molecule has 0 saturated carbocycles. The van der Waals surface area contributed by atoms with Gasteiger partial charge in [0.15, 0.2) is 5.78 Å². The first-order valence-electron chi connectivity index (χ1n) is 7.17. The Labute approximate surface area is 150 Å². The highest BCUT2D eigenvalue weighted by Gasteiger charge is 2.31. The Morgan fingerprint density at radius 1 is 1.04 bits per heavy atom. The Bertz CT molecular complexity index is 760. The molecular formula is C17H13BrF3NO3. The maximum Gasteiger partial charge on any atom is 0.573 e. The highest BCUT2D eigenvalue weighted by Crippen LogP contribution is 2.25. The van der Waals surface area contributed by atoms with Gasteiger partial charge < -0.3 is 10.1 Å². The van der Waals surface area contributed by atoms with Gasteiger partial charge in [0.1, 0.15) is 5.75 Å². The van der Waals surface area contributed by atoms with Gasteiger partial charge in [-0.25, -0.2) is 0 Å². The lowest BCUT2D eigenvalue weighted by molar-refractivity contribution is -0.274. The summed E-state index contributed by atoms with van der Waals surface area (Å²) in [6.07, 6.45) is -4.90. The topological polar surface area (TPSA) is 55.4 Å². The van der Waals surface area contributed by atoms with Gasteiger partial charge in [-0.1, -0.05) is 34.1 Å². The third-order valence-corrected chi connectivity index (χ3v) is 3.63. The summed E-state index contributed by atoms with van der Waals surface area (Å²) >= 11 is 3.26. The lowest BCUT2D eigenvalue weighted by Gasteiger charge is -2.10. The first-order chi connectivity index (χ1) is 11.7. The van der Waals surface area contributed by atoms with E-state index in [0.717, 1.165) is 16.6 Å². The van der Waals surface area contributed by atoms with Crippen molar-refractivity contribution < 1.29 is 27.5 Å². The van der Waals surface area contributed by atoms with Crippen molar-refractivity contribution in [3.8, 4) is 5.75 Å². The summed E-state index contributed by atoms with van der Waals surface area (Å²) < 4.78 is 41.2. The number of amides is 1. The van der Waals surface area contributed by atoms with Crippen LogP contribution < -0.4 is 10.1 Å². The van der Waals surface area contributed by atoms with Gasteiger partial charge >= 0.3 is 6.36 Å². The summed E-state index contributed by atoms with van der Waals surface area (Å²) in [5, 5.41) is 2.44. The lowest BCUT2D eigenvalue weighted by Crippen LogP contribution is -2.17. The van der Waals surface area contributed by atoms with Crippen LogP contribution in [0.25, 0.3) is 0 Å². The van der Waals surface area contributed by atoms with E-state index in [-0.39, 0.29) is 24.3 Å². The van der Waals surface area contributed by atoms with Crippen LogP contribution in [0.3, 0.4) is 0 Å². The van der Waals surface area contributed by atoms with Gasteiger partial charge in [0.25, 0.3) is 0 Å². The molecule has 0 radical (unpaired) electrons. The van der Waals surface area contributed by atoms with Crippen molar-refractivity contribution in [1.82, 2.24) is 0 Å². The quantitative estimate of drug-likeness (QED) is 0.679. The molecule has 0 aromatic heterocycles. The molecule has 0 unspecified atom stereocenters. The molecule has 132 valence electrons. The van der Waals surface area contributed by atoms with E-state index in [0.29, 0.717) is 5.56 Å². The number of hydrogen-bond acceptors (Lipinski definition) is 3. The van der Waals surface area contributed by atoms with Gasteiger partial charge in [-0.2, -0.15) is 0 Å². The van der Waals surface area contributed by atoms with Crippen molar-refractivity contribution in [2.75, 3.05) is 5.32 Å². The van der Waals surface area contributed by atoms with Crippen molar-refractivity contribution in [3.63, 3.8) is 0 Å². The van der Waals surface area contributed by atoms with E-state index < -0.39 is 18.0 Å². The van der Waals surface area contributed by atoms with Crippen LogP contribution in [0.15, 0.2) is 53.0 Å². The molecule has 0 bridgehead atoms. The van der Waals surface area contributed by atoms with Crippen LogP contribution >= 0.6 is 15.9 Å². The van der Waals surface area contributed by atoms with E-state index in [4.69, 9.17) is 0 Å². The molecule has 0 heterocycles. The molecule has 4 nitrogen and oxygen atoms in total. The zero-order valence-electron chi connectivity index (χ0n) is 12.8. The summed E-state index contributed by atoms with van der Waals surface area (Å²) in [7, 11) is 0. The minimum atomic E-state index is -4.81. The molecule has 0 aliphatic heterocycles. The SMILES string of the molecule is O=C(CCC(=O)c1ccc(Br)cc1)Nc1cccc(OC(F)(F)F)c1. The summed E-state index contributed by atoms with van der Waals surface area (Å²) in [4.78, 5) is 23.8. The number of carbonyl (C=O) groups is 2. The van der Waals surface area contributed by atoms with Crippen molar-refractivity contribution in [2.45, 2.75) is 19.2 Å². The minimum absolute atomic E-state index is 0.00773. The summed E-state index contributed by atoms with van der Waals surface area (Å²) in [6, 6.07) is 11.7. The molecule has 2 aromatic carbocycles. The van der Waals surface area contributed by atoms with E-state index in [9.17, 15) is 22.8 Å². The number of rotatable bonds is 6. The average Bonchev–Trinajstić information content (AvgIpc) is 2.52. The average molecular weight is 416 g/mol. The second kappa shape index (κ2) is 8.15. The van der Waals surface area contributed by atoms with Gasteiger partial charge in [0.2, 0.25) is 5.91 Å². The number of ether oxygens (including phenoxy) is 1. The molecule has 0 spiro atoms. The number of alkyl halides is 3. The lowest BCUT2D eigenvalue weighted by atomic mass is 10.1. The fourth-order valence-corrected chi connectivity index (χ4v) is 2.27. The van der Waals surface area contributed by atoms with Crippen LogP contribution in [0.1, 0.15) is 23.2 Å². The first kappa shape index (κ1) is 19.0. The zero-order chi connectivity index (χ0) is 18.4. The predicted octanol–water partition coefficient (Wildman–Crippen LogP) is 4.95. The van der Waals surface area contributed by atoms with Gasteiger partial charge in [0, 0.05) is 34.6 Å². The molecule has 8 heteroatoms. The van der Waals surface area contributed by atoms with E-state index >= 15 is 0 Å². The number of benzene rings is 2. The number of Topliss-reactive ketones (excluding diaryl/α,β-unsaturated/α-hetero) is 1. The van der Waals surface area contributed by atoms with Gasteiger partial charge in [-0.3, -0.25) is 9.59 Å². The minimum Gasteiger partial charge on any atom is -0.406 e. The Hall–Kier alpha value is -2.35. The maximum atomic E-state index is 12.2. The monoisotopic (exact) mass is 415 g/mol. The van der Waals surface area contributed by atoms with Crippen molar-refractivity contribution in [1.29, 1.82) is 0 Å². The van der Waals surface area contributed by atoms with Crippen LogP contribution in [0.4, 0.5) is 18.9 Å². The summed E-state index contributed by atoms with van der Waals surface area (Å²) in [6.45, 7) is 0. The van der Waals surface area contributed by atoms with Crippen molar-refractivity contribution in [3.05, 3.63) is 58.6 Å². The molecule has 0 saturated heterocycles. The van der Waals surface area contributed by atoms with Gasteiger partial charge in [-0.15, -0.1) is 13.2 Å². The summed E-state index contributed by atoms with van der Waals surface area (Å²) in [5.41, 5.74) is 0.638. The third kappa shape index (κ3) is 6.58. The molecule has 0 aliphatic rings. The van der Waals surface area contributed by atoms with E-state index in [1.807, 2.05) is 0 Å². The Morgan fingerprint density at radius 2 is 1.72 bits per heavy atom. The molecule has 0 fully saturated rings. The molecule has 1 amide bonds. The Morgan fingerprint density at radius 3 is 2.36 bits per heavy atom. The second-order valence-corrected chi connectivity index (χ2v) is 5.97. The first-order valence-corrected chi connectivity index (χ1v) is 7.97. The van der Waals surface area contributed by atoms with Crippen LogP contribution in [0.2, 0.25) is 0 Å². The number of ketones is 1. The molecule has 0 atom stereocenters. The second-order valence-electron chi connectivity index (χ2n) is 5.05. The number of carbonyl (C=O) groups excluding carboxylic acids is 2. The predicted molar refractivity (Wildman–Crippen MR) is 89.5 cm³/mol. The van der Waals surface area contributed by atoms with E-state index in [1.54, 1.807) is 24.3 Å². The zero-order valence-corrected chi connectivity index (χ0v) is 14.4. The third-order valence-electron chi connectivity index (χ3n) is 3.10. The number of anilines is 1. The fraction of sp³-hybridized carbons (Fsp3) is 0.176. The van der Waals surface area contributed by atoms with Crippen LogP contribution in [0.5, 0.6) is 5.75 Å². The van der Waals surface area contributed by atoms with Gasteiger partial charge in [-0.05, 0) is 24.3 Å². The van der Waals surface area contributed by atoms with Crippen molar-refractivity contribution in [2.24, 2.45) is 0 Å². The number of nitrogens with one attached hydrogen (secondary N) is 1. The smallest absolute Gasteiger partial charge is 0.406 e. The highest BCUT2D eigenvalue weighted by molar-refractivity contribution is 9.10. The molecule has 25 heavy (non-hydrogen) atoms. The van der Waals surface area contributed by atoms with Crippen LogP contribution in [-0.4, -0.2) is 18.1 Å². The maximum absolute atomic E-state index is 12.2. The largest absolute Gasteiger partial charge is 0.573 e. The van der Waals surface area contributed by atoms with Crippen LogP contribution in [0, 0.1) is 0 Å². The molecular weight excluding hydrogens is 403 g/mol. The standard InChI is InChI=1S/C17H13BrF3NO3/c18-12-6-4-11(5-7-12)15(23)8-9-16(24)22-13-2-1-3-14(10-13)25-17(19,20)21/h1-7,10H,8-9H2,(H,22,24). The fourth-order valence-electron chi connectivity index (χ4n) is 2.00. The van der Waals surface area contributed by atoms with E-state index in [1.165, 1.54) is 12.1 Å². The number of hydrogen-bond donors (Lipinski definition) is 1. The normalized spacial score (nSPS) is 11.0. The van der Waals surface area contributed by atoms with Gasteiger partial charge in [0.05, 0.1) is 0 Å².